The molecule has 0 unspecified atom stereocenters. The zero-order valence-corrected chi connectivity index (χ0v) is 14.4. The first-order valence-corrected chi connectivity index (χ1v) is 8.22. The molecule has 0 spiro atoms. The van der Waals surface area contributed by atoms with Gasteiger partial charge in [-0.1, -0.05) is 38.0 Å². The number of para-hydroxylation sites is 1. The second-order valence-electron chi connectivity index (χ2n) is 5.56. The lowest BCUT2D eigenvalue weighted by Gasteiger charge is -2.21. The molecule has 1 N–H and O–H groups in total. The number of carbonyl (C=O) groups excluding carboxylic acids is 2. The molecule has 2 amide bonds. The number of amides is 2. The molecular formula is C18H28N2O3. The predicted octanol–water partition coefficient (Wildman–Crippen LogP) is 2.39. The molecule has 0 saturated carbocycles. The molecule has 0 aliphatic rings. The molecule has 1 rings (SSSR count). The molecular weight excluding hydrogens is 292 g/mol. The number of carbonyl (C=O) groups is 2. The summed E-state index contributed by atoms with van der Waals surface area (Å²) in [5.41, 5.74) is 1.03. The molecule has 0 saturated heterocycles. The van der Waals surface area contributed by atoms with Gasteiger partial charge in [-0.2, -0.15) is 0 Å². The van der Waals surface area contributed by atoms with Gasteiger partial charge in [-0.3, -0.25) is 9.59 Å². The Labute approximate surface area is 139 Å². The predicted molar refractivity (Wildman–Crippen MR) is 91.5 cm³/mol. The summed E-state index contributed by atoms with van der Waals surface area (Å²) in [7, 11) is 1.63. The van der Waals surface area contributed by atoms with Crippen LogP contribution in [0.2, 0.25) is 0 Å². The normalized spacial score (nSPS) is 10.2. The maximum Gasteiger partial charge on any atom is 0.239 e. The lowest BCUT2D eigenvalue weighted by molar-refractivity contribution is -0.134. The van der Waals surface area contributed by atoms with E-state index < -0.39 is 0 Å². The van der Waals surface area contributed by atoms with E-state index in [0.29, 0.717) is 19.5 Å². The van der Waals surface area contributed by atoms with Crippen molar-refractivity contribution in [3.63, 3.8) is 0 Å². The van der Waals surface area contributed by atoms with E-state index in [-0.39, 0.29) is 18.4 Å². The van der Waals surface area contributed by atoms with Crippen molar-refractivity contribution >= 4 is 11.8 Å². The van der Waals surface area contributed by atoms with Crippen LogP contribution in [0.3, 0.4) is 0 Å². The summed E-state index contributed by atoms with van der Waals surface area (Å²) in [6, 6.07) is 7.72. The fourth-order valence-electron chi connectivity index (χ4n) is 2.34. The largest absolute Gasteiger partial charge is 0.496 e. The Morgan fingerprint density at radius 2 is 1.96 bits per heavy atom. The van der Waals surface area contributed by atoms with E-state index >= 15 is 0 Å². The van der Waals surface area contributed by atoms with E-state index in [4.69, 9.17) is 4.74 Å². The smallest absolute Gasteiger partial charge is 0.239 e. The number of nitrogens with one attached hydrogen (secondary N) is 1. The Kier molecular flexibility index (Phi) is 8.80. The molecule has 1 aromatic carbocycles. The third-order valence-corrected chi connectivity index (χ3v) is 3.73. The molecule has 0 aliphatic heterocycles. The Bertz CT molecular complexity index is 503. The monoisotopic (exact) mass is 320 g/mol. The SMILES string of the molecule is CCCCCNC(=O)CN(CCc1ccccc1OC)C(C)=O. The second-order valence-corrected chi connectivity index (χ2v) is 5.56. The minimum absolute atomic E-state index is 0.0939. The fraction of sp³-hybridized carbons (Fsp3) is 0.556. The number of benzene rings is 1. The molecule has 0 fully saturated rings. The molecule has 5 nitrogen and oxygen atoms in total. The van der Waals surface area contributed by atoms with Crippen LogP contribution in [0.15, 0.2) is 24.3 Å². The van der Waals surface area contributed by atoms with Gasteiger partial charge in [-0.05, 0) is 24.5 Å². The number of rotatable bonds is 10. The van der Waals surface area contributed by atoms with E-state index in [0.717, 1.165) is 30.6 Å². The summed E-state index contributed by atoms with van der Waals surface area (Å²) < 4.78 is 5.31. The van der Waals surface area contributed by atoms with Crippen LogP contribution in [-0.2, 0) is 16.0 Å². The number of hydrogen-bond donors (Lipinski definition) is 1. The topological polar surface area (TPSA) is 58.6 Å². The zero-order chi connectivity index (χ0) is 17.1. The fourth-order valence-corrected chi connectivity index (χ4v) is 2.34. The average Bonchev–Trinajstić information content (AvgIpc) is 2.55. The number of unbranched alkanes of at least 4 members (excludes halogenated alkanes) is 2. The second kappa shape index (κ2) is 10.6. The highest BCUT2D eigenvalue weighted by Crippen LogP contribution is 2.18. The molecule has 0 atom stereocenters. The van der Waals surface area contributed by atoms with Gasteiger partial charge < -0.3 is 15.0 Å². The van der Waals surface area contributed by atoms with Gasteiger partial charge in [0, 0.05) is 20.0 Å². The first-order valence-electron chi connectivity index (χ1n) is 8.22. The average molecular weight is 320 g/mol. The number of hydrogen-bond acceptors (Lipinski definition) is 3. The van der Waals surface area contributed by atoms with Crippen molar-refractivity contribution in [2.45, 2.75) is 39.5 Å². The van der Waals surface area contributed by atoms with Crippen LogP contribution in [0.5, 0.6) is 5.75 Å². The molecule has 1 aromatic rings. The Balaban J connectivity index is 2.49. The van der Waals surface area contributed by atoms with E-state index in [1.165, 1.54) is 6.92 Å². The van der Waals surface area contributed by atoms with Crippen molar-refractivity contribution in [3.05, 3.63) is 29.8 Å². The molecule has 0 radical (unpaired) electrons. The molecule has 0 bridgehead atoms. The van der Waals surface area contributed by atoms with Gasteiger partial charge in [0.05, 0.1) is 13.7 Å². The van der Waals surface area contributed by atoms with Crippen LogP contribution in [0.25, 0.3) is 0 Å². The first kappa shape index (κ1) is 19.0. The van der Waals surface area contributed by atoms with Crippen LogP contribution in [0.4, 0.5) is 0 Å². The minimum atomic E-state index is -0.101. The zero-order valence-electron chi connectivity index (χ0n) is 14.4. The van der Waals surface area contributed by atoms with Crippen molar-refractivity contribution in [3.8, 4) is 5.75 Å². The van der Waals surface area contributed by atoms with E-state index in [2.05, 4.69) is 12.2 Å². The van der Waals surface area contributed by atoms with Crippen LogP contribution in [0.1, 0.15) is 38.7 Å². The highest BCUT2D eigenvalue weighted by Gasteiger charge is 2.14. The van der Waals surface area contributed by atoms with Crippen LogP contribution in [0, 0.1) is 0 Å². The highest BCUT2D eigenvalue weighted by molar-refractivity contribution is 5.83. The summed E-state index contributed by atoms with van der Waals surface area (Å²) in [6.45, 7) is 4.89. The van der Waals surface area contributed by atoms with Gasteiger partial charge in [0.2, 0.25) is 11.8 Å². The molecule has 0 aromatic heterocycles. The molecule has 128 valence electrons. The highest BCUT2D eigenvalue weighted by atomic mass is 16.5. The van der Waals surface area contributed by atoms with Crippen LogP contribution in [-0.4, -0.2) is 43.5 Å². The summed E-state index contributed by atoms with van der Waals surface area (Å²) in [4.78, 5) is 25.2. The number of ether oxygens (including phenoxy) is 1. The van der Waals surface area contributed by atoms with Crippen molar-refractivity contribution in [1.29, 1.82) is 0 Å². The maximum absolute atomic E-state index is 11.9. The maximum atomic E-state index is 11.9. The summed E-state index contributed by atoms with van der Waals surface area (Å²) >= 11 is 0. The Morgan fingerprint density at radius 1 is 1.22 bits per heavy atom. The molecule has 0 heterocycles. The van der Waals surface area contributed by atoms with Gasteiger partial charge in [-0.15, -0.1) is 0 Å². The standard InChI is InChI=1S/C18H28N2O3/c1-4-5-8-12-19-18(22)14-20(15(2)21)13-11-16-9-6-7-10-17(16)23-3/h6-7,9-10H,4-5,8,11-14H2,1-3H3,(H,19,22). The minimum Gasteiger partial charge on any atom is -0.496 e. The van der Waals surface area contributed by atoms with Gasteiger partial charge in [0.15, 0.2) is 0 Å². The lowest BCUT2D eigenvalue weighted by Crippen LogP contribution is -2.41. The van der Waals surface area contributed by atoms with Gasteiger partial charge in [0.1, 0.15) is 5.75 Å². The third kappa shape index (κ3) is 7.17. The summed E-state index contributed by atoms with van der Waals surface area (Å²) in [5, 5.41) is 2.87. The van der Waals surface area contributed by atoms with Crippen molar-refractivity contribution in [2.75, 3.05) is 26.7 Å². The van der Waals surface area contributed by atoms with E-state index in [1.54, 1.807) is 12.0 Å². The Hall–Kier alpha value is -2.04. The molecule has 5 heteroatoms. The van der Waals surface area contributed by atoms with Crippen molar-refractivity contribution < 1.29 is 14.3 Å². The molecule has 23 heavy (non-hydrogen) atoms. The van der Waals surface area contributed by atoms with E-state index in [9.17, 15) is 9.59 Å². The van der Waals surface area contributed by atoms with Gasteiger partial charge in [-0.25, -0.2) is 0 Å². The van der Waals surface area contributed by atoms with Crippen LogP contribution >= 0.6 is 0 Å². The number of nitrogens with zero attached hydrogens (tertiary/aromatic N) is 1. The quantitative estimate of drug-likeness (QED) is 0.674. The van der Waals surface area contributed by atoms with Gasteiger partial charge in [0.25, 0.3) is 0 Å². The molecule has 0 aliphatic carbocycles. The van der Waals surface area contributed by atoms with Crippen molar-refractivity contribution in [1.82, 2.24) is 10.2 Å². The van der Waals surface area contributed by atoms with Crippen molar-refractivity contribution in [2.24, 2.45) is 0 Å². The van der Waals surface area contributed by atoms with Gasteiger partial charge >= 0.3 is 0 Å². The number of methoxy groups -OCH3 is 1. The first-order chi connectivity index (χ1) is 11.1. The summed E-state index contributed by atoms with van der Waals surface area (Å²) in [6.07, 6.45) is 3.86. The van der Waals surface area contributed by atoms with Crippen LogP contribution < -0.4 is 10.1 Å². The third-order valence-electron chi connectivity index (χ3n) is 3.73. The summed E-state index contributed by atoms with van der Waals surface area (Å²) in [5.74, 6) is 0.611. The van der Waals surface area contributed by atoms with E-state index in [1.807, 2.05) is 24.3 Å². The lowest BCUT2D eigenvalue weighted by atomic mass is 10.1. The Morgan fingerprint density at radius 3 is 2.61 bits per heavy atom.